The summed E-state index contributed by atoms with van der Waals surface area (Å²) in [6, 6.07) is 15.0. The maximum Gasteiger partial charge on any atom is 0.173 e. The van der Waals surface area contributed by atoms with Crippen molar-refractivity contribution in [3.05, 3.63) is 64.7 Å². The molecule has 2 aromatic carbocycles. The predicted octanol–water partition coefficient (Wildman–Crippen LogP) is 4.53. The van der Waals surface area contributed by atoms with Crippen molar-refractivity contribution in [3.8, 4) is 0 Å². The van der Waals surface area contributed by atoms with Gasteiger partial charge in [0.05, 0.1) is 13.2 Å². The number of ether oxygens (including phenoxy) is 1. The molecule has 0 amide bonds. The molecule has 0 aliphatic carbocycles. The fourth-order valence-corrected chi connectivity index (χ4v) is 3.89. The van der Waals surface area contributed by atoms with Gasteiger partial charge in [-0.15, -0.1) is 0 Å². The summed E-state index contributed by atoms with van der Waals surface area (Å²) < 4.78 is 5.46. The molecule has 29 heavy (non-hydrogen) atoms. The van der Waals surface area contributed by atoms with Crippen LogP contribution in [0, 0.1) is 20.8 Å². The minimum absolute atomic E-state index is 0.795. The zero-order valence-electron chi connectivity index (χ0n) is 17.9. The lowest BCUT2D eigenvalue weighted by molar-refractivity contribution is 0.0368. The van der Waals surface area contributed by atoms with E-state index in [-0.39, 0.29) is 0 Å². The molecule has 156 valence electrons. The lowest BCUT2D eigenvalue weighted by Crippen LogP contribution is -2.40. The van der Waals surface area contributed by atoms with E-state index in [4.69, 9.17) is 17.0 Å². The Balaban J connectivity index is 1.67. The van der Waals surface area contributed by atoms with E-state index in [1.54, 1.807) is 0 Å². The minimum atomic E-state index is 0.795. The summed E-state index contributed by atoms with van der Waals surface area (Å²) in [4.78, 5) is 4.79. The first-order chi connectivity index (χ1) is 14.0. The number of hydrogen-bond acceptors (Lipinski definition) is 3. The molecular weight excluding hydrogens is 378 g/mol. The molecular formula is C24H33N3OS. The van der Waals surface area contributed by atoms with Gasteiger partial charge in [-0.25, -0.2) is 0 Å². The molecule has 1 aliphatic rings. The van der Waals surface area contributed by atoms with Gasteiger partial charge in [-0.1, -0.05) is 36.4 Å². The van der Waals surface area contributed by atoms with E-state index in [0.717, 1.165) is 63.2 Å². The second-order valence-corrected chi connectivity index (χ2v) is 8.29. The van der Waals surface area contributed by atoms with Gasteiger partial charge in [0.25, 0.3) is 0 Å². The third-order valence-electron chi connectivity index (χ3n) is 5.55. The number of nitrogens with zero attached hydrogens (tertiary/aromatic N) is 2. The summed E-state index contributed by atoms with van der Waals surface area (Å²) in [7, 11) is 0. The number of aryl methyl sites for hydroxylation is 3. The van der Waals surface area contributed by atoms with Gasteiger partial charge in [-0.2, -0.15) is 0 Å². The smallest absolute Gasteiger partial charge is 0.173 e. The van der Waals surface area contributed by atoms with E-state index < -0.39 is 0 Å². The zero-order chi connectivity index (χ0) is 20.6. The highest BCUT2D eigenvalue weighted by Gasteiger charge is 2.15. The first kappa shape index (κ1) is 21.8. The van der Waals surface area contributed by atoms with Gasteiger partial charge in [0.15, 0.2) is 5.11 Å². The summed E-state index contributed by atoms with van der Waals surface area (Å²) in [5.41, 5.74) is 6.17. The van der Waals surface area contributed by atoms with E-state index in [0.29, 0.717) is 0 Å². The molecule has 0 unspecified atom stereocenters. The fraction of sp³-hybridized carbons (Fsp3) is 0.458. The molecule has 1 aliphatic heterocycles. The molecule has 0 aromatic heterocycles. The van der Waals surface area contributed by atoms with E-state index in [1.165, 1.54) is 22.3 Å². The van der Waals surface area contributed by atoms with Gasteiger partial charge in [0, 0.05) is 38.4 Å². The van der Waals surface area contributed by atoms with Crippen LogP contribution in [0.25, 0.3) is 0 Å². The first-order valence-electron chi connectivity index (χ1n) is 10.5. The number of benzene rings is 2. The Morgan fingerprint density at radius 1 is 1.07 bits per heavy atom. The third-order valence-corrected chi connectivity index (χ3v) is 5.91. The van der Waals surface area contributed by atoms with Crippen molar-refractivity contribution in [3.63, 3.8) is 0 Å². The Kier molecular flexibility index (Phi) is 8.04. The van der Waals surface area contributed by atoms with Crippen LogP contribution < -0.4 is 5.32 Å². The molecule has 1 heterocycles. The van der Waals surface area contributed by atoms with Crippen molar-refractivity contribution in [2.45, 2.75) is 33.7 Å². The SMILES string of the molecule is Cc1ccc(C)c(NC(=S)N(CCCN2CCOCC2)Cc2ccccc2C)c1. The number of morpholine rings is 1. The highest BCUT2D eigenvalue weighted by molar-refractivity contribution is 7.80. The van der Waals surface area contributed by atoms with Gasteiger partial charge in [-0.05, 0) is 67.7 Å². The van der Waals surface area contributed by atoms with Crippen molar-refractivity contribution >= 4 is 23.0 Å². The van der Waals surface area contributed by atoms with Gasteiger partial charge >= 0.3 is 0 Å². The van der Waals surface area contributed by atoms with E-state index in [2.05, 4.69) is 78.4 Å². The van der Waals surface area contributed by atoms with Gasteiger partial charge in [0.1, 0.15) is 0 Å². The Labute approximate surface area is 180 Å². The Morgan fingerprint density at radius 3 is 2.59 bits per heavy atom. The summed E-state index contributed by atoms with van der Waals surface area (Å²) >= 11 is 5.85. The lowest BCUT2D eigenvalue weighted by Gasteiger charge is -2.30. The van der Waals surface area contributed by atoms with Crippen LogP contribution in [0.15, 0.2) is 42.5 Å². The summed E-state index contributed by atoms with van der Waals surface area (Å²) in [5, 5.41) is 4.30. The van der Waals surface area contributed by atoms with Crippen molar-refractivity contribution < 1.29 is 4.74 Å². The summed E-state index contributed by atoms with van der Waals surface area (Å²) in [6.07, 6.45) is 1.08. The Hall–Kier alpha value is -1.95. The third kappa shape index (κ3) is 6.53. The molecule has 0 bridgehead atoms. The van der Waals surface area contributed by atoms with Crippen LogP contribution in [0.1, 0.15) is 28.7 Å². The predicted molar refractivity (Wildman–Crippen MR) is 126 cm³/mol. The molecule has 4 nitrogen and oxygen atoms in total. The topological polar surface area (TPSA) is 27.7 Å². The van der Waals surface area contributed by atoms with Crippen molar-refractivity contribution in [2.75, 3.05) is 44.7 Å². The van der Waals surface area contributed by atoms with Crippen molar-refractivity contribution in [1.29, 1.82) is 0 Å². The van der Waals surface area contributed by atoms with Crippen LogP contribution in [-0.2, 0) is 11.3 Å². The maximum absolute atomic E-state index is 5.85. The zero-order valence-corrected chi connectivity index (χ0v) is 18.7. The number of thiocarbonyl (C=S) groups is 1. The summed E-state index contributed by atoms with van der Waals surface area (Å²) in [5.74, 6) is 0. The molecule has 0 atom stereocenters. The number of rotatable bonds is 7. The molecule has 5 heteroatoms. The minimum Gasteiger partial charge on any atom is -0.379 e. The van der Waals surface area contributed by atoms with Gasteiger partial charge in [-0.3, -0.25) is 4.90 Å². The fourth-order valence-electron chi connectivity index (χ4n) is 3.62. The molecule has 1 fully saturated rings. The monoisotopic (exact) mass is 411 g/mol. The molecule has 3 rings (SSSR count). The molecule has 0 radical (unpaired) electrons. The quantitative estimate of drug-likeness (QED) is 0.676. The van der Waals surface area contributed by atoms with Crippen LogP contribution in [0.5, 0.6) is 0 Å². The van der Waals surface area contributed by atoms with Crippen LogP contribution in [0.2, 0.25) is 0 Å². The highest BCUT2D eigenvalue weighted by atomic mass is 32.1. The molecule has 0 spiro atoms. The average Bonchev–Trinajstić information content (AvgIpc) is 2.72. The van der Waals surface area contributed by atoms with Crippen LogP contribution in [0.4, 0.5) is 5.69 Å². The van der Waals surface area contributed by atoms with Gasteiger partial charge in [0.2, 0.25) is 0 Å². The molecule has 1 N–H and O–H groups in total. The van der Waals surface area contributed by atoms with E-state index >= 15 is 0 Å². The second kappa shape index (κ2) is 10.7. The standard InChI is InChI=1S/C24H33N3OS/c1-19-9-10-21(3)23(17-19)25-24(29)27(18-22-8-5-4-7-20(22)2)12-6-11-26-13-15-28-16-14-26/h4-5,7-10,17H,6,11-16,18H2,1-3H3,(H,25,29). The number of anilines is 1. The Morgan fingerprint density at radius 2 is 1.83 bits per heavy atom. The highest BCUT2D eigenvalue weighted by Crippen LogP contribution is 2.18. The van der Waals surface area contributed by atoms with E-state index in [1.807, 2.05) is 0 Å². The normalized spacial score (nSPS) is 14.6. The first-order valence-corrected chi connectivity index (χ1v) is 10.9. The maximum atomic E-state index is 5.85. The van der Waals surface area contributed by atoms with Crippen LogP contribution in [-0.4, -0.2) is 54.3 Å². The lowest BCUT2D eigenvalue weighted by atomic mass is 10.1. The average molecular weight is 412 g/mol. The molecule has 2 aromatic rings. The molecule has 1 saturated heterocycles. The molecule has 0 saturated carbocycles. The van der Waals surface area contributed by atoms with Crippen molar-refractivity contribution in [1.82, 2.24) is 9.80 Å². The van der Waals surface area contributed by atoms with Crippen molar-refractivity contribution in [2.24, 2.45) is 0 Å². The number of hydrogen-bond donors (Lipinski definition) is 1. The van der Waals surface area contributed by atoms with Gasteiger partial charge < -0.3 is 15.0 Å². The Bertz CT molecular complexity index is 818. The van der Waals surface area contributed by atoms with Crippen LogP contribution in [0.3, 0.4) is 0 Å². The van der Waals surface area contributed by atoms with E-state index in [9.17, 15) is 0 Å². The number of nitrogens with one attached hydrogen (secondary N) is 1. The largest absolute Gasteiger partial charge is 0.379 e. The second-order valence-electron chi connectivity index (χ2n) is 7.90. The van der Waals surface area contributed by atoms with Crippen LogP contribution >= 0.6 is 12.2 Å². The summed E-state index contributed by atoms with van der Waals surface area (Å²) in [6.45, 7) is 13.0.